The van der Waals surface area contributed by atoms with E-state index >= 15 is 0 Å². The van der Waals surface area contributed by atoms with Gasteiger partial charge in [0.2, 0.25) is 5.91 Å². The van der Waals surface area contributed by atoms with Crippen molar-refractivity contribution in [3.8, 4) is 11.3 Å². The number of hydrogen-bond donors (Lipinski definition) is 2. The first-order valence-electron chi connectivity index (χ1n) is 11.1. The number of fused-ring (bicyclic) bond motifs is 1. The van der Waals surface area contributed by atoms with Gasteiger partial charge in [0.1, 0.15) is 5.82 Å². The number of H-pyrrole nitrogens is 1. The zero-order valence-electron chi connectivity index (χ0n) is 18.6. The second-order valence-corrected chi connectivity index (χ2v) is 9.32. The SMILES string of the molecule is CN(CCCCCc1cc(-c2cccc(F)c2)n[nH]1)C(=O)c1ccc2c(c1)NC(=O)CCS2. The fourth-order valence-corrected chi connectivity index (χ4v) is 4.74. The van der Waals surface area contributed by atoms with Crippen LogP contribution in [0.5, 0.6) is 0 Å². The smallest absolute Gasteiger partial charge is 0.253 e. The highest BCUT2D eigenvalue weighted by Gasteiger charge is 2.17. The third-order valence-corrected chi connectivity index (χ3v) is 6.70. The summed E-state index contributed by atoms with van der Waals surface area (Å²) in [7, 11) is 1.81. The Morgan fingerprint density at radius 1 is 1.15 bits per heavy atom. The predicted molar refractivity (Wildman–Crippen MR) is 129 cm³/mol. The van der Waals surface area contributed by atoms with Crippen molar-refractivity contribution in [2.45, 2.75) is 37.0 Å². The van der Waals surface area contributed by atoms with Crippen LogP contribution in [0.15, 0.2) is 53.4 Å². The number of nitrogens with one attached hydrogen (secondary N) is 2. The van der Waals surface area contributed by atoms with Crippen LogP contribution in [-0.4, -0.2) is 46.3 Å². The summed E-state index contributed by atoms with van der Waals surface area (Å²) in [5.74, 6) is 0.413. The summed E-state index contributed by atoms with van der Waals surface area (Å²) in [6, 6.07) is 13.9. The van der Waals surface area contributed by atoms with Crippen molar-refractivity contribution in [1.82, 2.24) is 15.1 Å². The van der Waals surface area contributed by atoms with Gasteiger partial charge in [-0.25, -0.2) is 4.39 Å². The van der Waals surface area contributed by atoms with E-state index in [1.54, 1.807) is 28.8 Å². The van der Waals surface area contributed by atoms with Crippen molar-refractivity contribution < 1.29 is 14.0 Å². The summed E-state index contributed by atoms with van der Waals surface area (Å²) in [4.78, 5) is 27.4. The van der Waals surface area contributed by atoms with Gasteiger partial charge in [-0.05, 0) is 55.7 Å². The highest BCUT2D eigenvalue weighted by atomic mass is 32.2. The van der Waals surface area contributed by atoms with Crippen molar-refractivity contribution in [2.24, 2.45) is 0 Å². The molecule has 1 aliphatic rings. The molecule has 0 saturated heterocycles. The van der Waals surface area contributed by atoms with Crippen molar-refractivity contribution in [3.63, 3.8) is 0 Å². The summed E-state index contributed by atoms with van der Waals surface area (Å²) in [6.07, 6.45) is 4.16. The average molecular weight is 467 g/mol. The predicted octanol–water partition coefficient (Wildman–Crippen LogP) is 5.14. The Kier molecular flexibility index (Phi) is 7.44. The Balaban J connectivity index is 1.23. The second-order valence-electron chi connectivity index (χ2n) is 8.18. The van der Waals surface area contributed by atoms with Gasteiger partial charge in [-0.1, -0.05) is 18.6 Å². The van der Waals surface area contributed by atoms with E-state index in [9.17, 15) is 14.0 Å². The molecule has 8 heteroatoms. The van der Waals surface area contributed by atoms with E-state index in [0.717, 1.165) is 59.0 Å². The minimum Gasteiger partial charge on any atom is -0.342 e. The van der Waals surface area contributed by atoms with Crippen LogP contribution in [-0.2, 0) is 11.2 Å². The maximum atomic E-state index is 13.4. The number of amides is 2. The number of aryl methyl sites for hydroxylation is 1. The van der Waals surface area contributed by atoms with Crippen molar-refractivity contribution in [2.75, 3.05) is 24.7 Å². The van der Waals surface area contributed by atoms with Crippen LogP contribution in [0.2, 0.25) is 0 Å². The molecule has 172 valence electrons. The van der Waals surface area contributed by atoms with Gasteiger partial charge in [-0.3, -0.25) is 14.7 Å². The van der Waals surface area contributed by atoms with Gasteiger partial charge in [-0.2, -0.15) is 5.10 Å². The van der Waals surface area contributed by atoms with Gasteiger partial charge < -0.3 is 10.2 Å². The minimum atomic E-state index is -0.273. The van der Waals surface area contributed by atoms with Crippen LogP contribution in [0, 0.1) is 5.82 Å². The Morgan fingerprint density at radius 3 is 2.88 bits per heavy atom. The molecule has 2 aromatic carbocycles. The van der Waals surface area contributed by atoms with E-state index < -0.39 is 0 Å². The highest BCUT2D eigenvalue weighted by molar-refractivity contribution is 7.99. The summed E-state index contributed by atoms with van der Waals surface area (Å²) in [5, 5.41) is 10.2. The minimum absolute atomic E-state index is 0.0143. The topological polar surface area (TPSA) is 78.1 Å². The van der Waals surface area contributed by atoms with Crippen LogP contribution in [0.1, 0.15) is 41.7 Å². The number of benzene rings is 2. The molecule has 1 aliphatic heterocycles. The molecule has 0 spiro atoms. The number of rotatable bonds is 8. The standard InChI is InChI=1S/C25H27FN4O2S/c1-30(25(32)18-9-10-23-22(15-18)27-24(31)11-13-33-23)12-4-2-3-8-20-16-21(29-28-20)17-6-5-7-19(26)14-17/h5-7,9-10,14-16H,2-4,8,11-13H2,1H3,(H,27,31)(H,28,29). The molecule has 2 N–H and O–H groups in total. The number of aromatic nitrogens is 2. The fraction of sp³-hybridized carbons (Fsp3) is 0.320. The van der Waals surface area contributed by atoms with Gasteiger partial charge in [0.15, 0.2) is 0 Å². The number of anilines is 1. The van der Waals surface area contributed by atoms with E-state index in [2.05, 4.69) is 15.5 Å². The fourth-order valence-electron chi connectivity index (χ4n) is 3.80. The number of carbonyl (C=O) groups is 2. The maximum Gasteiger partial charge on any atom is 0.253 e. The van der Waals surface area contributed by atoms with Gasteiger partial charge in [0.05, 0.1) is 11.4 Å². The number of thioether (sulfide) groups is 1. The van der Waals surface area contributed by atoms with E-state index in [0.29, 0.717) is 18.5 Å². The molecule has 33 heavy (non-hydrogen) atoms. The number of nitrogens with zero attached hydrogens (tertiary/aromatic N) is 2. The number of unbranched alkanes of at least 4 members (excludes halogenated alkanes) is 2. The zero-order chi connectivity index (χ0) is 23.2. The molecule has 0 bridgehead atoms. The summed E-state index contributed by atoms with van der Waals surface area (Å²) >= 11 is 1.63. The van der Waals surface area contributed by atoms with E-state index in [-0.39, 0.29) is 17.6 Å². The molecule has 1 aromatic heterocycles. The first-order valence-corrected chi connectivity index (χ1v) is 12.1. The lowest BCUT2D eigenvalue weighted by Gasteiger charge is -2.18. The molecule has 0 fully saturated rings. The van der Waals surface area contributed by atoms with Crippen LogP contribution in [0.4, 0.5) is 10.1 Å². The number of halogens is 1. The Morgan fingerprint density at radius 2 is 2.03 bits per heavy atom. The number of hydrogen-bond acceptors (Lipinski definition) is 4. The van der Waals surface area contributed by atoms with Crippen molar-refractivity contribution >= 4 is 29.3 Å². The molecular formula is C25H27FN4O2S. The molecule has 0 atom stereocenters. The molecule has 4 rings (SSSR count). The van der Waals surface area contributed by atoms with Crippen molar-refractivity contribution in [3.05, 3.63) is 65.6 Å². The van der Waals surface area contributed by atoms with Gasteiger partial charge in [-0.15, -0.1) is 11.8 Å². The molecule has 2 amide bonds. The molecular weight excluding hydrogens is 439 g/mol. The van der Waals surface area contributed by atoms with E-state index in [4.69, 9.17) is 0 Å². The average Bonchev–Trinajstić information content (AvgIpc) is 3.20. The summed E-state index contributed by atoms with van der Waals surface area (Å²) in [5.41, 5.74) is 3.82. The Hall–Kier alpha value is -3.13. The van der Waals surface area contributed by atoms with E-state index in [1.165, 1.54) is 12.1 Å². The maximum absolute atomic E-state index is 13.4. The van der Waals surface area contributed by atoms with Gasteiger partial charge in [0.25, 0.3) is 5.91 Å². The molecule has 3 aromatic rings. The quantitative estimate of drug-likeness (QED) is 0.451. The number of carbonyl (C=O) groups excluding carboxylic acids is 2. The first kappa shape index (κ1) is 23.0. The lowest BCUT2D eigenvalue weighted by atomic mass is 10.1. The third-order valence-electron chi connectivity index (χ3n) is 5.62. The zero-order valence-corrected chi connectivity index (χ0v) is 19.4. The second kappa shape index (κ2) is 10.7. The molecule has 0 unspecified atom stereocenters. The van der Waals surface area contributed by atoms with Gasteiger partial charge >= 0.3 is 0 Å². The first-order chi connectivity index (χ1) is 16.0. The van der Waals surface area contributed by atoms with Crippen LogP contribution >= 0.6 is 11.8 Å². The van der Waals surface area contributed by atoms with Gasteiger partial charge in [0, 0.05) is 47.5 Å². The molecule has 0 aliphatic carbocycles. The normalized spacial score (nSPS) is 13.2. The molecule has 2 heterocycles. The Bertz CT molecular complexity index is 1150. The lowest BCUT2D eigenvalue weighted by molar-refractivity contribution is -0.115. The summed E-state index contributed by atoms with van der Waals surface area (Å²) < 4.78 is 13.4. The number of aromatic amines is 1. The lowest BCUT2D eigenvalue weighted by Crippen LogP contribution is -2.27. The third kappa shape index (κ3) is 6.01. The Labute approximate surface area is 197 Å². The largest absolute Gasteiger partial charge is 0.342 e. The highest BCUT2D eigenvalue weighted by Crippen LogP contribution is 2.31. The summed E-state index contributed by atoms with van der Waals surface area (Å²) in [6.45, 7) is 0.661. The van der Waals surface area contributed by atoms with Crippen LogP contribution < -0.4 is 5.32 Å². The van der Waals surface area contributed by atoms with Crippen molar-refractivity contribution in [1.29, 1.82) is 0 Å². The molecule has 0 saturated carbocycles. The van der Waals surface area contributed by atoms with Crippen LogP contribution in [0.3, 0.4) is 0 Å². The molecule has 6 nitrogen and oxygen atoms in total. The monoisotopic (exact) mass is 466 g/mol. The van der Waals surface area contributed by atoms with Crippen LogP contribution in [0.25, 0.3) is 11.3 Å². The molecule has 0 radical (unpaired) electrons. The van der Waals surface area contributed by atoms with E-state index in [1.807, 2.05) is 31.3 Å².